The molecule has 0 saturated heterocycles. The van der Waals surface area contributed by atoms with Gasteiger partial charge in [0.05, 0.1) is 5.69 Å². The average Bonchev–Trinajstić information content (AvgIpc) is 3.32. The fourth-order valence-electron chi connectivity index (χ4n) is 3.32. The lowest BCUT2D eigenvalue weighted by molar-refractivity contribution is 0.416. The molecule has 3 aromatic rings. The van der Waals surface area contributed by atoms with Crippen molar-refractivity contribution in [3.8, 4) is 17.3 Å². The van der Waals surface area contributed by atoms with Gasteiger partial charge >= 0.3 is 0 Å². The minimum atomic E-state index is 0. The van der Waals surface area contributed by atoms with Crippen LogP contribution in [0.15, 0.2) is 28.8 Å². The van der Waals surface area contributed by atoms with Gasteiger partial charge in [0, 0.05) is 23.7 Å². The van der Waals surface area contributed by atoms with Gasteiger partial charge in [-0.1, -0.05) is 22.9 Å². The van der Waals surface area contributed by atoms with Crippen LogP contribution in [-0.2, 0) is 19.3 Å². The van der Waals surface area contributed by atoms with Crippen molar-refractivity contribution in [2.45, 2.75) is 45.6 Å². The Morgan fingerprint density at radius 3 is 2.73 bits per heavy atom. The molecule has 0 saturated carbocycles. The first-order valence-corrected chi connectivity index (χ1v) is 8.83. The largest absolute Gasteiger partial charge is 0.332 e. The molecule has 1 aliphatic rings. The Morgan fingerprint density at radius 2 is 2.00 bits per heavy atom. The van der Waals surface area contributed by atoms with E-state index in [1.165, 1.54) is 16.8 Å². The van der Waals surface area contributed by atoms with Gasteiger partial charge in [-0.3, -0.25) is 0 Å². The summed E-state index contributed by atoms with van der Waals surface area (Å²) in [5.41, 5.74) is 5.68. The van der Waals surface area contributed by atoms with Crippen LogP contribution < -0.4 is 5.32 Å². The molecule has 0 bridgehead atoms. The lowest BCUT2D eigenvalue weighted by atomic mass is 10.2. The zero-order valence-electron chi connectivity index (χ0n) is 15.3. The number of hydrogen-bond donors (Lipinski definition) is 1. The third-order valence-electron chi connectivity index (χ3n) is 4.86. The Hall–Kier alpha value is -2.18. The van der Waals surface area contributed by atoms with E-state index in [2.05, 4.69) is 53.6 Å². The van der Waals surface area contributed by atoms with Gasteiger partial charge in [-0.25, -0.2) is 4.68 Å². The summed E-state index contributed by atoms with van der Waals surface area (Å²) in [6.45, 7) is 4.19. The van der Waals surface area contributed by atoms with Gasteiger partial charge in [0.15, 0.2) is 11.5 Å². The van der Waals surface area contributed by atoms with Crippen LogP contribution in [0.4, 0.5) is 0 Å². The van der Waals surface area contributed by atoms with E-state index in [1.54, 1.807) is 0 Å². The molecular weight excluding hydrogens is 350 g/mol. The van der Waals surface area contributed by atoms with Gasteiger partial charge in [-0.2, -0.15) is 10.1 Å². The summed E-state index contributed by atoms with van der Waals surface area (Å²) >= 11 is 0. The summed E-state index contributed by atoms with van der Waals surface area (Å²) in [5.74, 6) is 1.25. The lowest BCUT2D eigenvalue weighted by Gasteiger charge is -2.05. The molecule has 1 aromatic carbocycles. The van der Waals surface area contributed by atoms with Crippen LogP contribution in [0, 0.1) is 6.92 Å². The van der Waals surface area contributed by atoms with Gasteiger partial charge in [-0.05, 0) is 52.3 Å². The Kier molecular flexibility index (Phi) is 5.44. The number of benzene rings is 1. The zero-order valence-corrected chi connectivity index (χ0v) is 16.1. The highest BCUT2D eigenvalue weighted by Gasteiger charge is 2.27. The number of rotatable bonds is 5. The number of hydrogen-bond acceptors (Lipinski definition) is 5. The smallest absolute Gasteiger partial charge is 0.278 e. The van der Waals surface area contributed by atoms with E-state index in [0.717, 1.165) is 37.1 Å². The van der Waals surface area contributed by atoms with E-state index >= 15 is 0 Å². The molecule has 2 aromatic heterocycles. The maximum absolute atomic E-state index is 5.52. The molecule has 1 atom stereocenters. The van der Waals surface area contributed by atoms with Crippen molar-refractivity contribution in [3.63, 3.8) is 0 Å². The van der Waals surface area contributed by atoms with Crippen molar-refractivity contribution in [2.75, 3.05) is 7.05 Å². The monoisotopic (exact) mass is 373 g/mol. The molecular formula is C19H24ClN5O. The molecule has 0 fully saturated rings. The second kappa shape index (κ2) is 7.60. The number of halogens is 1. The van der Waals surface area contributed by atoms with Gasteiger partial charge in [-0.15, -0.1) is 12.4 Å². The van der Waals surface area contributed by atoms with Crippen molar-refractivity contribution >= 4 is 12.4 Å². The second-order valence-corrected chi connectivity index (χ2v) is 6.78. The van der Waals surface area contributed by atoms with Crippen LogP contribution >= 0.6 is 12.4 Å². The van der Waals surface area contributed by atoms with Crippen LogP contribution in [-0.4, -0.2) is 33.0 Å². The van der Waals surface area contributed by atoms with Gasteiger partial charge < -0.3 is 9.84 Å². The third-order valence-corrected chi connectivity index (χ3v) is 4.86. The average molecular weight is 374 g/mol. The molecule has 1 N–H and O–H groups in total. The molecule has 0 spiro atoms. The Balaban J connectivity index is 0.00000196. The van der Waals surface area contributed by atoms with E-state index in [9.17, 15) is 0 Å². The predicted octanol–water partition coefficient (Wildman–Crippen LogP) is 3.29. The van der Waals surface area contributed by atoms with E-state index in [-0.39, 0.29) is 12.4 Å². The molecule has 0 amide bonds. The van der Waals surface area contributed by atoms with E-state index in [4.69, 9.17) is 9.62 Å². The lowest BCUT2D eigenvalue weighted by Crippen LogP contribution is -2.24. The van der Waals surface area contributed by atoms with Crippen molar-refractivity contribution in [1.82, 2.24) is 25.2 Å². The first kappa shape index (κ1) is 18.6. The highest BCUT2D eigenvalue weighted by atomic mass is 35.5. The van der Waals surface area contributed by atoms with Crippen molar-refractivity contribution in [2.24, 2.45) is 0 Å². The second-order valence-electron chi connectivity index (χ2n) is 6.78. The Morgan fingerprint density at radius 1 is 1.23 bits per heavy atom. The van der Waals surface area contributed by atoms with Crippen LogP contribution in [0.3, 0.4) is 0 Å². The third kappa shape index (κ3) is 3.39. The van der Waals surface area contributed by atoms with Crippen LogP contribution in [0.25, 0.3) is 17.3 Å². The predicted molar refractivity (Wildman–Crippen MR) is 103 cm³/mol. The molecule has 0 aliphatic heterocycles. The molecule has 26 heavy (non-hydrogen) atoms. The number of nitrogens with one attached hydrogen (secondary N) is 1. The quantitative estimate of drug-likeness (QED) is 0.743. The molecule has 1 aliphatic carbocycles. The number of likely N-dealkylation sites (N-methyl/N-ethyl adjacent to an activating group) is 1. The van der Waals surface area contributed by atoms with Crippen LogP contribution in [0.2, 0.25) is 0 Å². The summed E-state index contributed by atoms with van der Waals surface area (Å²) in [6, 6.07) is 8.75. The summed E-state index contributed by atoms with van der Waals surface area (Å²) in [5, 5.41) is 12.1. The van der Waals surface area contributed by atoms with E-state index < -0.39 is 0 Å². The fourth-order valence-corrected chi connectivity index (χ4v) is 3.32. The Labute approximate surface area is 159 Å². The van der Waals surface area contributed by atoms with Crippen molar-refractivity contribution in [3.05, 3.63) is 46.9 Å². The number of fused-ring (bicyclic) bond motifs is 1. The molecule has 0 radical (unpaired) electrons. The molecule has 6 nitrogen and oxygen atoms in total. The fraction of sp³-hybridized carbons (Fsp3) is 0.421. The maximum Gasteiger partial charge on any atom is 0.278 e. The topological polar surface area (TPSA) is 68.8 Å². The Bertz CT molecular complexity index is 884. The highest BCUT2D eigenvalue weighted by Crippen LogP contribution is 2.33. The summed E-state index contributed by atoms with van der Waals surface area (Å²) < 4.78 is 7.56. The normalized spacial score (nSPS) is 14.1. The number of nitrogens with zero attached hydrogens (tertiary/aromatic N) is 4. The van der Waals surface area contributed by atoms with Crippen molar-refractivity contribution in [1.29, 1.82) is 0 Å². The summed E-state index contributed by atoms with van der Waals surface area (Å²) in [7, 11) is 1.93. The minimum Gasteiger partial charge on any atom is -0.332 e. The van der Waals surface area contributed by atoms with Gasteiger partial charge in [0.1, 0.15) is 0 Å². The number of aryl methyl sites for hydroxylation is 1. The zero-order chi connectivity index (χ0) is 17.4. The molecule has 7 heteroatoms. The highest BCUT2D eigenvalue weighted by molar-refractivity contribution is 5.85. The van der Waals surface area contributed by atoms with E-state index in [1.807, 2.05) is 11.7 Å². The maximum atomic E-state index is 5.52. The van der Waals surface area contributed by atoms with Crippen molar-refractivity contribution < 1.29 is 4.52 Å². The minimum absolute atomic E-state index is 0. The summed E-state index contributed by atoms with van der Waals surface area (Å²) in [6.07, 6.45) is 3.93. The molecule has 2 heterocycles. The SMILES string of the molecule is CNC(C)Cc1noc(-c2nn(-c3ccc(C)cc3)c3c2CCC3)n1.Cl. The molecule has 1 unspecified atom stereocenters. The van der Waals surface area contributed by atoms with E-state index in [0.29, 0.717) is 17.8 Å². The van der Waals surface area contributed by atoms with Gasteiger partial charge in [0.2, 0.25) is 0 Å². The first-order valence-electron chi connectivity index (χ1n) is 8.83. The standard InChI is InChI=1S/C19H23N5O.ClH/c1-12-7-9-14(10-8-12)24-16-6-4-5-15(16)18(22-24)19-21-17(23-25-19)11-13(2)20-3;/h7-10,13,20H,4-6,11H2,1-3H3;1H. The molecule has 4 rings (SSSR count). The van der Waals surface area contributed by atoms with Crippen LogP contribution in [0.1, 0.15) is 36.0 Å². The molecule has 138 valence electrons. The van der Waals surface area contributed by atoms with Gasteiger partial charge in [0.25, 0.3) is 5.89 Å². The number of aromatic nitrogens is 4. The summed E-state index contributed by atoms with van der Waals surface area (Å²) in [4.78, 5) is 4.57. The van der Waals surface area contributed by atoms with Crippen LogP contribution in [0.5, 0.6) is 0 Å². The first-order chi connectivity index (χ1) is 12.2.